The molecular formula is C12H8F3NS. The van der Waals surface area contributed by atoms with Crippen molar-refractivity contribution in [1.29, 1.82) is 0 Å². The number of benzene rings is 1. The normalized spacial score (nSPS) is 11.5. The first-order valence-corrected chi connectivity index (χ1v) is 5.25. The molecule has 0 amide bonds. The van der Waals surface area contributed by atoms with E-state index >= 15 is 0 Å². The van der Waals surface area contributed by atoms with Crippen LogP contribution in [0.15, 0.2) is 47.5 Å². The Hall–Kier alpha value is -1.49. The Bertz CT molecular complexity index is 523. The Morgan fingerprint density at radius 2 is 1.65 bits per heavy atom. The average molecular weight is 255 g/mol. The second-order valence-electron chi connectivity index (χ2n) is 3.46. The topological polar surface area (TPSA) is 12.9 Å². The first-order valence-electron chi connectivity index (χ1n) is 4.80. The van der Waals surface area contributed by atoms with E-state index in [9.17, 15) is 13.2 Å². The molecule has 0 aliphatic carbocycles. The number of pyridine rings is 1. The van der Waals surface area contributed by atoms with Gasteiger partial charge in [-0.1, -0.05) is 30.3 Å². The third-order valence-electron chi connectivity index (χ3n) is 2.24. The van der Waals surface area contributed by atoms with Crippen LogP contribution < -0.4 is 0 Å². The van der Waals surface area contributed by atoms with Gasteiger partial charge in [0.15, 0.2) is 5.69 Å². The molecule has 0 aliphatic rings. The van der Waals surface area contributed by atoms with Gasteiger partial charge in [-0.2, -0.15) is 13.2 Å². The molecule has 0 saturated carbocycles. The number of hydrogen-bond donors (Lipinski definition) is 1. The predicted molar refractivity (Wildman–Crippen MR) is 61.9 cm³/mol. The predicted octanol–water partition coefficient (Wildman–Crippen LogP) is 4.06. The lowest BCUT2D eigenvalue weighted by molar-refractivity contribution is -0.143. The molecule has 0 fully saturated rings. The summed E-state index contributed by atoms with van der Waals surface area (Å²) < 4.78 is 37.4. The zero-order valence-corrected chi connectivity index (χ0v) is 9.46. The zero-order valence-electron chi connectivity index (χ0n) is 8.57. The number of hydrogen-bond acceptors (Lipinski definition) is 2. The summed E-state index contributed by atoms with van der Waals surface area (Å²) in [6, 6.07) is 10.4. The minimum atomic E-state index is -4.47. The van der Waals surface area contributed by atoms with E-state index in [0.717, 1.165) is 5.56 Å². The van der Waals surface area contributed by atoms with E-state index in [1.54, 1.807) is 12.1 Å². The van der Waals surface area contributed by atoms with Gasteiger partial charge < -0.3 is 0 Å². The van der Waals surface area contributed by atoms with Crippen molar-refractivity contribution in [3.8, 4) is 11.1 Å². The Morgan fingerprint density at radius 3 is 2.18 bits per heavy atom. The molecule has 5 heteroatoms. The highest BCUT2D eigenvalue weighted by molar-refractivity contribution is 7.80. The standard InChI is InChI=1S/C12H8F3NS/c13-12(14,15)11-10(17)6-9(7-16-11)8-4-2-1-3-5-8/h1-7,17H. The molecule has 2 aromatic rings. The molecular weight excluding hydrogens is 247 g/mol. The number of nitrogens with zero attached hydrogens (tertiary/aromatic N) is 1. The van der Waals surface area contributed by atoms with Gasteiger partial charge in [-0.3, -0.25) is 4.98 Å². The van der Waals surface area contributed by atoms with Crippen LogP contribution in [0.3, 0.4) is 0 Å². The Morgan fingerprint density at radius 1 is 1.00 bits per heavy atom. The molecule has 0 bridgehead atoms. The second kappa shape index (κ2) is 4.41. The van der Waals surface area contributed by atoms with Crippen LogP contribution in [0.4, 0.5) is 13.2 Å². The van der Waals surface area contributed by atoms with Crippen molar-refractivity contribution >= 4 is 12.6 Å². The molecule has 17 heavy (non-hydrogen) atoms. The maximum Gasteiger partial charge on any atom is 0.434 e. The van der Waals surface area contributed by atoms with Gasteiger partial charge in [-0.15, -0.1) is 12.6 Å². The average Bonchev–Trinajstić information content (AvgIpc) is 2.28. The van der Waals surface area contributed by atoms with Gasteiger partial charge in [-0.05, 0) is 11.6 Å². The van der Waals surface area contributed by atoms with Gasteiger partial charge in [-0.25, -0.2) is 0 Å². The summed E-state index contributed by atoms with van der Waals surface area (Å²) in [5.41, 5.74) is 0.466. The highest BCUT2D eigenvalue weighted by Crippen LogP contribution is 2.33. The van der Waals surface area contributed by atoms with E-state index in [1.807, 2.05) is 18.2 Å². The van der Waals surface area contributed by atoms with Crippen LogP contribution in [0.2, 0.25) is 0 Å². The molecule has 0 radical (unpaired) electrons. The zero-order chi connectivity index (χ0) is 12.5. The van der Waals surface area contributed by atoms with Gasteiger partial charge in [0.25, 0.3) is 0 Å². The van der Waals surface area contributed by atoms with Crippen molar-refractivity contribution in [1.82, 2.24) is 4.98 Å². The lowest BCUT2D eigenvalue weighted by atomic mass is 10.1. The maximum absolute atomic E-state index is 12.5. The van der Waals surface area contributed by atoms with Gasteiger partial charge >= 0.3 is 6.18 Å². The van der Waals surface area contributed by atoms with E-state index in [0.29, 0.717) is 5.56 Å². The SMILES string of the molecule is FC(F)(F)c1ncc(-c2ccccc2)cc1S. The van der Waals surface area contributed by atoms with E-state index in [1.165, 1.54) is 12.3 Å². The molecule has 88 valence electrons. The van der Waals surface area contributed by atoms with Crippen LogP contribution in [0, 0.1) is 0 Å². The van der Waals surface area contributed by atoms with Crippen molar-refractivity contribution in [2.75, 3.05) is 0 Å². The summed E-state index contributed by atoms with van der Waals surface area (Å²) >= 11 is 3.83. The van der Waals surface area contributed by atoms with Crippen LogP contribution in [-0.4, -0.2) is 4.98 Å². The number of aromatic nitrogens is 1. The van der Waals surface area contributed by atoms with Gasteiger partial charge in [0, 0.05) is 16.7 Å². The Labute approximate surface area is 102 Å². The second-order valence-corrected chi connectivity index (χ2v) is 3.94. The molecule has 0 atom stereocenters. The van der Waals surface area contributed by atoms with E-state index in [-0.39, 0.29) is 4.90 Å². The van der Waals surface area contributed by atoms with Crippen molar-refractivity contribution in [2.24, 2.45) is 0 Å². The molecule has 0 aliphatic heterocycles. The van der Waals surface area contributed by atoms with Crippen LogP contribution in [0.5, 0.6) is 0 Å². The summed E-state index contributed by atoms with van der Waals surface area (Å²) in [5, 5.41) is 0. The van der Waals surface area contributed by atoms with Gasteiger partial charge in [0.2, 0.25) is 0 Å². The highest BCUT2D eigenvalue weighted by atomic mass is 32.1. The third-order valence-corrected chi connectivity index (χ3v) is 2.58. The number of halogens is 3. The summed E-state index contributed by atoms with van der Waals surface area (Å²) in [4.78, 5) is 3.26. The summed E-state index contributed by atoms with van der Waals surface area (Å²) in [7, 11) is 0. The lowest BCUT2D eigenvalue weighted by Gasteiger charge is -2.09. The van der Waals surface area contributed by atoms with Crippen molar-refractivity contribution in [3.05, 3.63) is 48.3 Å². The number of alkyl halides is 3. The molecule has 1 nitrogen and oxygen atoms in total. The molecule has 1 heterocycles. The minimum absolute atomic E-state index is 0.168. The summed E-state index contributed by atoms with van der Waals surface area (Å²) in [5.74, 6) is 0. The van der Waals surface area contributed by atoms with Gasteiger partial charge in [0.05, 0.1) is 0 Å². The highest BCUT2D eigenvalue weighted by Gasteiger charge is 2.34. The first kappa shape index (κ1) is 12.0. The molecule has 0 saturated heterocycles. The van der Waals surface area contributed by atoms with Crippen LogP contribution in [-0.2, 0) is 6.18 Å². The van der Waals surface area contributed by atoms with Crippen LogP contribution in [0.25, 0.3) is 11.1 Å². The number of thiol groups is 1. The van der Waals surface area contributed by atoms with Crippen molar-refractivity contribution in [3.63, 3.8) is 0 Å². The molecule has 0 spiro atoms. The minimum Gasteiger partial charge on any atom is -0.250 e. The summed E-state index contributed by atoms with van der Waals surface area (Å²) in [6.07, 6.45) is -3.26. The molecule has 0 unspecified atom stereocenters. The fraction of sp³-hybridized carbons (Fsp3) is 0.0833. The first-order chi connectivity index (χ1) is 7.98. The Balaban J connectivity index is 2.45. The Kier molecular flexibility index (Phi) is 3.11. The van der Waals surface area contributed by atoms with E-state index in [2.05, 4.69) is 17.6 Å². The van der Waals surface area contributed by atoms with Crippen LogP contribution in [0.1, 0.15) is 5.69 Å². The van der Waals surface area contributed by atoms with E-state index < -0.39 is 11.9 Å². The smallest absolute Gasteiger partial charge is 0.250 e. The largest absolute Gasteiger partial charge is 0.434 e. The maximum atomic E-state index is 12.5. The monoisotopic (exact) mass is 255 g/mol. The number of rotatable bonds is 1. The lowest BCUT2D eigenvalue weighted by Crippen LogP contribution is -2.09. The van der Waals surface area contributed by atoms with Crippen molar-refractivity contribution in [2.45, 2.75) is 11.1 Å². The van der Waals surface area contributed by atoms with E-state index in [4.69, 9.17) is 0 Å². The van der Waals surface area contributed by atoms with Crippen LogP contribution >= 0.6 is 12.6 Å². The fourth-order valence-electron chi connectivity index (χ4n) is 1.46. The molecule has 2 rings (SSSR count). The fourth-order valence-corrected chi connectivity index (χ4v) is 1.78. The third kappa shape index (κ3) is 2.61. The molecule has 1 aromatic carbocycles. The molecule has 1 aromatic heterocycles. The van der Waals surface area contributed by atoms with Gasteiger partial charge in [0.1, 0.15) is 0 Å². The summed E-state index contributed by atoms with van der Waals surface area (Å²) in [6.45, 7) is 0. The molecule has 0 N–H and O–H groups in total. The quantitative estimate of drug-likeness (QED) is 0.758. The van der Waals surface area contributed by atoms with Crippen molar-refractivity contribution < 1.29 is 13.2 Å².